The van der Waals surface area contributed by atoms with E-state index < -0.39 is 0 Å². The van der Waals surface area contributed by atoms with Gasteiger partial charge in [0.15, 0.2) is 5.78 Å². The highest BCUT2D eigenvalue weighted by Gasteiger charge is 2.31. The molecular weight excluding hydrogens is 298 g/mol. The minimum Gasteiger partial charge on any atom is -0.292 e. The summed E-state index contributed by atoms with van der Waals surface area (Å²) in [4.78, 5) is 17.6. The van der Waals surface area contributed by atoms with Gasteiger partial charge in [-0.15, -0.1) is 11.3 Å². The Bertz CT molecular complexity index is 578. The second-order valence-corrected chi connectivity index (χ2v) is 5.87. The maximum absolute atomic E-state index is 12.4. The van der Waals surface area contributed by atoms with Gasteiger partial charge in [-0.05, 0) is 51.8 Å². The van der Waals surface area contributed by atoms with Crippen LogP contribution in [0, 0.1) is 0 Å². The first kappa shape index (κ1) is 11.1. The van der Waals surface area contributed by atoms with Crippen LogP contribution in [-0.2, 0) is 6.42 Å². The number of hydrogen-bond donors (Lipinski definition) is 0. The number of carbonyl (C=O) groups is 1. The third-order valence-electron chi connectivity index (χ3n) is 3.12. The lowest BCUT2D eigenvalue weighted by molar-refractivity contribution is 0.0961. The molecule has 0 radical (unpaired) electrons. The highest BCUT2D eigenvalue weighted by molar-refractivity contribution is 9.10. The number of rotatable bonds is 2. The van der Waals surface area contributed by atoms with Crippen LogP contribution in [-0.4, -0.2) is 10.8 Å². The summed E-state index contributed by atoms with van der Waals surface area (Å²) in [6.45, 7) is 0. The maximum Gasteiger partial charge on any atom is 0.182 e. The Morgan fingerprint density at radius 1 is 1.47 bits per heavy atom. The zero-order valence-corrected chi connectivity index (χ0v) is 11.4. The van der Waals surface area contributed by atoms with Crippen molar-refractivity contribution in [3.05, 3.63) is 50.4 Å². The summed E-state index contributed by atoms with van der Waals surface area (Å²) >= 11 is 4.92. The predicted octanol–water partition coefficient (Wildman–Crippen LogP) is 3.82. The van der Waals surface area contributed by atoms with Gasteiger partial charge in [-0.2, -0.15) is 0 Å². The summed E-state index contributed by atoms with van der Waals surface area (Å²) in [6, 6.07) is 5.93. The second kappa shape index (κ2) is 4.35. The minimum atomic E-state index is -0.0545. The Balaban J connectivity index is 1.98. The van der Waals surface area contributed by atoms with Crippen LogP contribution in [0.2, 0.25) is 0 Å². The molecule has 0 aliphatic heterocycles. The van der Waals surface area contributed by atoms with Crippen molar-refractivity contribution < 1.29 is 4.79 Å². The molecule has 0 aromatic carbocycles. The number of fused-ring (bicyclic) bond motifs is 1. The van der Waals surface area contributed by atoms with E-state index in [2.05, 4.69) is 27.0 Å². The third kappa shape index (κ3) is 1.85. The molecule has 86 valence electrons. The zero-order valence-electron chi connectivity index (χ0n) is 9.02. The van der Waals surface area contributed by atoms with E-state index in [0.29, 0.717) is 0 Å². The van der Waals surface area contributed by atoms with Crippen molar-refractivity contribution in [2.45, 2.75) is 18.8 Å². The molecule has 0 N–H and O–H groups in total. The van der Waals surface area contributed by atoms with Crippen molar-refractivity contribution in [1.82, 2.24) is 4.98 Å². The monoisotopic (exact) mass is 307 g/mol. The summed E-state index contributed by atoms with van der Waals surface area (Å²) in [5, 5.41) is 1.94. The van der Waals surface area contributed by atoms with Crippen molar-refractivity contribution in [3.63, 3.8) is 0 Å². The lowest BCUT2D eigenvalue weighted by atomic mass is 10.0. The molecule has 2 heterocycles. The first-order chi connectivity index (χ1) is 8.27. The summed E-state index contributed by atoms with van der Waals surface area (Å²) in [5.41, 5.74) is 2.19. The van der Waals surface area contributed by atoms with E-state index in [0.717, 1.165) is 27.9 Å². The molecule has 1 aliphatic rings. The SMILES string of the molecule is O=C(c1sccc1Br)C1CCc2cccnc21. The van der Waals surface area contributed by atoms with Gasteiger partial charge in [-0.1, -0.05) is 6.07 Å². The molecule has 0 bridgehead atoms. The number of thiophene rings is 1. The summed E-state index contributed by atoms with van der Waals surface area (Å²) in [6.07, 6.45) is 3.62. The van der Waals surface area contributed by atoms with Gasteiger partial charge in [0.2, 0.25) is 0 Å². The van der Waals surface area contributed by atoms with Gasteiger partial charge in [-0.25, -0.2) is 0 Å². The second-order valence-electron chi connectivity index (χ2n) is 4.10. The zero-order chi connectivity index (χ0) is 11.8. The molecule has 1 unspecified atom stereocenters. The number of aryl methyl sites for hydroxylation is 1. The van der Waals surface area contributed by atoms with Crippen molar-refractivity contribution in [3.8, 4) is 0 Å². The van der Waals surface area contributed by atoms with Crippen molar-refractivity contribution in [1.29, 1.82) is 0 Å². The van der Waals surface area contributed by atoms with E-state index in [4.69, 9.17) is 0 Å². The van der Waals surface area contributed by atoms with Gasteiger partial charge < -0.3 is 0 Å². The normalized spacial score (nSPS) is 18.1. The smallest absolute Gasteiger partial charge is 0.182 e. The van der Waals surface area contributed by atoms with Gasteiger partial charge in [-0.3, -0.25) is 9.78 Å². The van der Waals surface area contributed by atoms with E-state index in [9.17, 15) is 4.79 Å². The topological polar surface area (TPSA) is 30.0 Å². The van der Waals surface area contributed by atoms with Gasteiger partial charge in [0.1, 0.15) is 0 Å². The average molecular weight is 308 g/mol. The van der Waals surface area contributed by atoms with Gasteiger partial charge in [0, 0.05) is 10.7 Å². The van der Waals surface area contributed by atoms with Crippen LogP contribution < -0.4 is 0 Å². The summed E-state index contributed by atoms with van der Waals surface area (Å²) in [5.74, 6) is 0.144. The van der Waals surface area contributed by atoms with Crippen LogP contribution in [0.5, 0.6) is 0 Å². The molecule has 1 aliphatic carbocycles. The average Bonchev–Trinajstić information content (AvgIpc) is 2.94. The molecular formula is C13H10BrNOS. The van der Waals surface area contributed by atoms with Crippen molar-refractivity contribution in [2.24, 2.45) is 0 Å². The number of pyridine rings is 1. The highest BCUT2D eigenvalue weighted by Crippen LogP contribution is 2.36. The van der Waals surface area contributed by atoms with Crippen LogP contribution in [0.25, 0.3) is 0 Å². The van der Waals surface area contributed by atoms with E-state index >= 15 is 0 Å². The Hall–Kier alpha value is -1.00. The summed E-state index contributed by atoms with van der Waals surface area (Å²) < 4.78 is 0.900. The lowest BCUT2D eigenvalue weighted by Crippen LogP contribution is -2.10. The van der Waals surface area contributed by atoms with Crippen LogP contribution in [0.1, 0.15) is 33.3 Å². The number of Topliss-reactive ketones (excluding diaryl/α,β-unsaturated/α-hetero) is 1. The lowest BCUT2D eigenvalue weighted by Gasteiger charge is -2.08. The van der Waals surface area contributed by atoms with Crippen LogP contribution in [0.4, 0.5) is 0 Å². The minimum absolute atomic E-state index is 0.0545. The van der Waals surface area contributed by atoms with E-state index in [1.807, 2.05) is 17.5 Å². The van der Waals surface area contributed by atoms with Crippen molar-refractivity contribution >= 4 is 33.0 Å². The van der Waals surface area contributed by atoms with Crippen LogP contribution in [0.15, 0.2) is 34.2 Å². The predicted molar refractivity (Wildman–Crippen MR) is 71.6 cm³/mol. The molecule has 4 heteroatoms. The van der Waals surface area contributed by atoms with Gasteiger partial charge >= 0.3 is 0 Å². The fourth-order valence-electron chi connectivity index (χ4n) is 2.30. The maximum atomic E-state index is 12.4. The van der Waals surface area contributed by atoms with Crippen LogP contribution >= 0.6 is 27.3 Å². The molecule has 17 heavy (non-hydrogen) atoms. The van der Waals surface area contributed by atoms with E-state index in [1.165, 1.54) is 16.9 Å². The number of ketones is 1. The third-order valence-corrected chi connectivity index (χ3v) is 4.97. The molecule has 0 amide bonds. The van der Waals surface area contributed by atoms with Gasteiger partial charge in [0.05, 0.1) is 16.5 Å². The number of aromatic nitrogens is 1. The van der Waals surface area contributed by atoms with E-state index in [1.54, 1.807) is 6.20 Å². The highest BCUT2D eigenvalue weighted by atomic mass is 79.9. The number of nitrogens with zero attached hydrogens (tertiary/aromatic N) is 1. The molecule has 0 saturated carbocycles. The Morgan fingerprint density at radius 2 is 2.35 bits per heavy atom. The standard InChI is InChI=1S/C13H10BrNOS/c14-10-5-7-17-13(10)12(16)9-4-3-8-2-1-6-15-11(8)9/h1-2,5-7,9H,3-4H2. The Kier molecular flexibility index (Phi) is 2.84. The Morgan fingerprint density at radius 3 is 3.12 bits per heavy atom. The quantitative estimate of drug-likeness (QED) is 0.790. The molecule has 3 rings (SSSR count). The number of hydrogen-bond acceptors (Lipinski definition) is 3. The molecule has 2 nitrogen and oxygen atoms in total. The molecule has 0 spiro atoms. The molecule has 0 saturated heterocycles. The largest absolute Gasteiger partial charge is 0.292 e. The van der Waals surface area contributed by atoms with Gasteiger partial charge in [0.25, 0.3) is 0 Å². The molecule has 2 aromatic rings. The Labute approximate surface area is 112 Å². The molecule has 0 fully saturated rings. The van der Waals surface area contributed by atoms with Crippen LogP contribution in [0.3, 0.4) is 0 Å². The summed E-state index contributed by atoms with van der Waals surface area (Å²) in [7, 11) is 0. The number of halogens is 1. The fraction of sp³-hybridized carbons (Fsp3) is 0.231. The molecule has 2 aromatic heterocycles. The first-order valence-electron chi connectivity index (χ1n) is 5.48. The molecule has 1 atom stereocenters. The fourth-order valence-corrected chi connectivity index (χ4v) is 3.86. The first-order valence-corrected chi connectivity index (χ1v) is 7.15. The number of carbonyl (C=O) groups excluding carboxylic acids is 1. The van der Waals surface area contributed by atoms with Crippen molar-refractivity contribution in [2.75, 3.05) is 0 Å². The van der Waals surface area contributed by atoms with E-state index in [-0.39, 0.29) is 11.7 Å².